The maximum Gasteiger partial charge on any atom is 0.251 e. The zero-order chi connectivity index (χ0) is 18.5. The fraction of sp³-hybridized carbons (Fsp3) is 0.333. The van der Waals surface area contributed by atoms with Gasteiger partial charge < -0.3 is 15.0 Å². The lowest BCUT2D eigenvalue weighted by Gasteiger charge is -2.16. The number of rotatable bonds is 6. The van der Waals surface area contributed by atoms with Gasteiger partial charge in [-0.05, 0) is 50.6 Å². The van der Waals surface area contributed by atoms with Gasteiger partial charge in [0.2, 0.25) is 5.91 Å². The molecule has 2 amide bonds. The molecule has 0 spiro atoms. The van der Waals surface area contributed by atoms with Crippen molar-refractivity contribution in [1.82, 2.24) is 5.32 Å². The van der Waals surface area contributed by atoms with Gasteiger partial charge >= 0.3 is 0 Å². The number of hydrogen-bond donors (Lipinski definition) is 1. The number of ether oxygens (including phenoxy) is 1. The Labute approximate surface area is 154 Å². The number of benzene rings is 2. The minimum Gasteiger partial charge on any atom is -0.491 e. The maximum absolute atomic E-state index is 12.4. The Kier molecular flexibility index (Phi) is 5.56. The lowest BCUT2D eigenvalue weighted by molar-refractivity contribution is -0.117. The molecule has 1 N–H and O–H groups in total. The summed E-state index contributed by atoms with van der Waals surface area (Å²) < 4.78 is 5.78. The first-order valence-electron chi connectivity index (χ1n) is 8.98. The molecule has 5 nitrogen and oxygen atoms in total. The molecule has 2 aromatic carbocycles. The summed E-state index contributed by atoms with van der Waals surface area (Å²) >= 11 is 0. The molecule has 0 saturated carbocycles. The number of anilines is 1. The van der Waals surface area contributed by atoms with E-state index in [0.717, 1.165) is 30.0 Å². The molecule has 3 rings (SSSR count). The SMILES string of the molecule is CC(C)Oc1ccccc1CNC(=O)c1ccc(N2CCCC2=O)cc1. The largest absolute Gasteiger partial charge is 0.491 e. The van der Waals surface area contributed by atoms with E-state index in [0.29, 0.717) is 18.5 Å². The predicted octanol–water partition coefficient (Wildman–Crippen LogP) is 3.53. The second-order valence-electron chi connectivity index (χ2n) is 6.65. The van der Waals surface area contributed by atoms with Gasteiger partial charge in [0.25, 0.3) is 5.91 Å². The van der Waals surface area contributed by atoms with Crippen molar-refractivity contribution in [2.24, 2.45) is 0 Å². The third kappa shape index (κ3) is 4.23. The molecule has 0 bridgehead atoms. The summed E-state index contributed by atoms with van der Waals surface area (Å²) in [6.07, 6.45) is 1.56. The van der Waals surface area contributed by atoms with Crippen LogP contribution in [0.3, 0.4) is 0 Å². The minimum atomic E-state index is -0.149. The van der Waals surface area contributed by atoms with Crippen LogP contribution in [0.5, 0.6) is 5.75 Å². The van der Waals surface area contributed by atoms with E-state index < -0.39 is 0 Å². The highest BCUT2D eigenvalue weighted by Gasteiger charge is 2.21. The van der Waals surface area contributed by atoms with Gasteiger partial charge in [-0.1, -0.05) is 18.2 Å². The van der Waals surface area contributed by atoms with Crippen LogP contribution in [0.1, 0.15) is 42.6 Å². The third-order valence-electron chi connectivity index (χ3n) is 4.29. The number of hydrogen-bond acceptors (Lipinski definition) is 3. The second-order valence-corrected chi connectivity index (χ2v) is 6.65. The van der Waals surface area contributed by atoms with Crippen molar-refractivity contribution in [3.05, 3.63) is 59.7 Å². The quantitative estimate of drug-likeness (QED) is 0.865. The molecule has 0 atom stereocenters. The van der Waals surface area contributed by atoms with Gasteiger partial charge in [0.05, 0.1) is 6.10 Å². The van der Waals surface area contributed by atoms with Crippen LogP contribution in [0, 0.1) is 0 Å². The Morgan fingerprint density at radius 3 is 2.54 bits per heavy atom. The number of nitrogens with zero attached hydrogens (tertiary/aromatic N) is 1. The van der Waals surface area contributed by atoms with Crippen molar-refractivity contribution in [2.45, 2.75) is 39.3 Å². The fourth-order valence-electron chi connectivity index (χ4n) is 3.01. The van der Waals surface area contributed by atoms with Crippen LogP contribution in [0.4, 0.5) is 5.69 Å². The Hall–Kier alpha value is -2.82. The van der Waals surface area contributed by atoms with E-state index in [-0.39, 0.29) is 17.9 Å². The smallest absolute Gasteiger partial charge is 0.251 e. The Morgan fingerprint density at radius 2 is 1.88 bits per heavy atom. The maximum atomic E-state index is 12.4. The highest BCUT2D eigenvalue weighted by atomic mass is 16.5. The molecule has 26 heavy (non-hydrogen) atoms. The molecule has 1 fully saturated rings. The molecule has 0 radical (unpaired) electrons. The third-order valence-corrected chi connectivity index (χ3v) is 4.29. The van der Waals surface area contributed by atoms with Gasteiger partial charge in [-0.3, -0.25) is 9.59 Å². The van der Waals surface area contributed by atoms with E-state index in [1.54, 1.807) is 17.0 Å². The van der Waals surface area contributed by atoms with Crippen LogP contribution < -0.4 is 15.0 Å². The predicted molar refractivity (Wildman–Crippen MR) is 101 cm³/mol. The van der Waals surface area contributed by atoms with Crippen molar-refractivity contribution in [3.63, 3.8) is 0 Å². The van der Waals surface area contributed by atoms with Crippen LogP contribution in [-0.2, 0) is 11.3 Å². The van der Waals surface area contributed by atoms with Crippen molar-refractivity contribution in [1.29, 1.82) is 0 Å². The van der Waals surface area contributed by atoms with Crippen LogP contribution in [0.15, 0.2) is 48.5 Å². The molecule has 1 heterocycles. The zero-order valence-corrected chi connectivity index (χ0v) is 15.2. The first-order valence-corrected chi connectivity index (χ1v) is 8.98. The highest BCUT2D eigenvalue weighted by Crippen LogP contribution is 2.22. The second kappa shape index (κ2) is 8.04. The van der Waals surface area contributed by atoms with Crippen LogP contribution >= 0.6 is 0 Å². The molecule has 5 heteroatoms. The summed E-state index contributed by atoms with van der Waals surface area (Å²) in [6, 6.07) is 14.9. The summed E-state index contributed by atoms with van der Waals surface area (Å²) in [5, 5.41) is 2.93. The van der Waals surface area contributed by atoms with Gasteiger partial charge in [0.1, 0.15) is 5.75 Å². The fourth-order valence-corrected chi connectivity index (χ4v) is 3.01. The summed E-state index contributed by atoms with van der Waals surface area (Å²) in [6.45, 7) is 5.09. The summed E-state index contributed by atoms with van der Waals surface area (Å²) in [5.74, 6) is 0.776. The van der Waals surface area contributed by atoms with Gasteiger partial charge in [0, 0.05) is 36.3 Å². The Morgan fingerprint density at radius 1 is 1.15 bits per heavy atom. The zero-order valence-electron chi connectivity index (χ0n) is 15.2. The van der Waals surface area contributed by atoms with E-state index in [2.05, 4.69) is 5.32 Å². The molecule has 1 aliphatic heterocycles. The molecular weight excluding hydrogens is 328 g/mol. The molecule has 0 unspecified atom stereocenters. The van der Waals surface area contributed by atoms with Crippen LogP contribution in [0.25, 0.3) is 0 Å². The monoisotopic (exact) mass is 352 g/mol. The lowest BCUT2D eigenvalue weighted by Crippen LogP contribution is -2.25. The van der Waals surface area contributed by atoms with Gasteiger partial charge in [-0.15, -0.1) is 0 Å². The number of para-hydroxylation sites is 1. The first-order chi connectivity index (χ1) is 12.5. The average molecular weight is 352 g/mol. The van der Waals surface area contributed by atoms with Crippen molar-refractivity contribution < 1.29 is 14.3 Å². The van der Waals surface area contributed by atoms with E-state index in [1.807, 2.05) is 50.2 Å². The lowest BCUT2D eigenvalue weighted by atomic mass is 10.1. The highest BCUT2D eigenvalue weighted by molar-refractivity contribution is 5.97. The van der Waals surface area contributed by atoms with E-state index >= 15 is 0 Å². The van der Waals surface area contributed by atoms with Crippen LogP contribution in [-0.4, -0.2) is 24.5 Å². The summed E-state index contributed by atoms with van der Waals surface area (Å²) in [4.78, 5) is 26.0. The van der Waals surface area contributed by atoms with E-state index in [9.17, 15) is 9.59 Å². The standard InChI is InChI=1S/C21H24N2O3/c1-15(2)26-19-7-4-3-6-17(19)14-22-21(25)16-9-11-18(12-10-16)23-13-5-8-20(23)24/h3-4,6-7,9-12,15H,5,8,13-14H2,1-2H3,(H,22,25). The first kappa shape index (κ1) is 18.0. The summed E-state index contributed by atoms with van der Waals surface area (Å²) in [5.41, 5.74) is 2.36. The van der Waals surface area contributed by atoms with E-state index in [1.165, 1.54) is 0 Å². The Balaban J connectivity index is 1.63. The molecule has 1 aliphatic rings. The van der Waals surface area contributed by atoms with Gasteiger partial charge in [-0.2, -0.15) is 0 Å². The number of carbonyl (C=O) groups excluding carboxylic acids is 2. The molecule has 0 aliphatic carbocycles. The average Bonchev–Trinajstić information content (AvgIpc) is 3.06. The molecule has 1 saturated heterocycles. The van der Waals surface area contributed by atoms with Crippen molar-refractivity contribution in [2.75, 3.05) is 11.4 Å². The number of carbonyl (C=O) groups is 2. The van der Waals surface area contributed by atoms with Gasteiger partial charge in [-0.25, -0.2) is 0 Å². The Bertz CT molecular complexity index is 784. The molecule has 136 valence electrons. The summed E-state index contributed by atoms with van der Waals surface area (Å²) in [7, 11) is 0. The van der Waals surface area contributed by atoms with Crippen molar-refractivity contribution >= 4 is 17.5 Å². The van der Waals surface area contributed by atoms with Gasteiger partial charge in [0.15, 0.2) is 0 Å². The van der Waals surface area contributed by atoms with Crippen molar-refractivity contribution in [3.8, 4) is 5.75 Å². The normalized spacial score (nSPS) is 14.0. The molecule has 2 aromatic rings. The number of nitrogens with one attached hydrogen (secondary N) is 1. The minimum absolute atomic E-state index is 0.0766. The topological polar surface area (TPSA) is 58.6 Å². The molecular formula is C21H24N2O3. The van der Waals surface area contributed by atoms with Crippen LogP contribution in [0.2, 0.25) is 0 Å². The molecule has 0 aromatic heterocycles. The number of amides is 2. The van der Waals surface area contributed by atoms with E-state index in [4.69, 9.17) is 4.74 Å².